The van der Waals surface area contributed by atoms with Crippen LogP contribution in [0.4, 0.5) is 0 Å². The van der Waals surface area contributed by atoms with Crippen molar-refractivity contribution in [2.24, 2.45) is 5.92 Å². The van der Waals surface area contributed by atoms with Gasteiger partial charge in [-0.15, -0.1) is 0 Å². The molecule has 3 nitrogen and oxygen atoms in total. The summed E-state index contributed by atoms with van der Waals surface area (Å²) in [7, 11) is 0. The molecule has 1 aliphatic rings. The zero-order valence-corrected chi connectivity index (χ0v) is 8.49. The Morgan fingerprint density at radius 1 is 1.54 bits per heavy atom. The Bertz CT molecular complexity index is 182. The van der Waals surface area contributed by atoms with Gasteiger partial charge in [-0.2, -0.15) is 0 Å². The van der Waals surface area contributed by atoms with Crippen LogP contribution in [-0.2, 0) is 4.79 Å². The Labute approximate surface area is 79.7 Å². The SMILES string of the molecule is CC[C@@H]1[C@@H](C(=O)O)CCCN1CC. The number of carbonyl (C=O) groups is 1. The van der Waals surface area contributed by atoms with E-state index in [1.807, 2.05) is 0 Å². The molecule has 3 heteroatoms. The fraction of sp³-hybridized carbons (Fsp3) is 0.900. The lowest BCUT2D eigenvalue weighted by Gasteiger charge is -2.38. The van der Waals surface area contributed by atoms with E-state index in [4.69, 9.17) is 5.11 Å². The van der Waals surface area contributed by atoms with Crippen molar-refractivity contribution in [1.82, 2.24) is 4.90 Å². The second-order valence-corrected chi connectivity index (χ2v) is 3.69. The number of piperidine rings is 1. The van der Waals surface area contributed by atoms with E-state index in [9.17, 15) is 4.79 Å². The number of aliphatic carboxylic acids is 1. The van der Waals surface area contributed by atoms with E-state index in [-0.39, 0.29) is 12.0 Å². The molecule has 1 heterocycles. The minimum absolute atomic E-state index is 0.140. The molecular formula is C10H19NO2. The number of hydrogen-bond acceptors (Lipinski definition) is 2. The third-order valence-electron chi connectivity index (χ3n) is 3.04. The van der Waals surface area contributed by atoms with Crippen molar-refractivity contribution in [3.05, 3.63) is 0 Å². The first kappa shape index (κ1) is 10.5. The summed E-state index contributed by atoms with van der Waals surface area (Å²) in [5.41, 5.74) is 0. The van der Waals surface area contributed by atoms with E-state index in [0.29, 0.717) is 0 Å². The van der Waals surface area contributed by atoms with Crippen LogP contribution in [0, 0.1) is 5.92 Å². The van der Waals surface area contributed by atoms with Gasteiger partial charge in [0.05, 0.1) is 5.92 Å². The number of likely N-dealkylation sites (tertiary alicyclic amines) is 1. The van der Waals surface area contributed by atoms with Gasteiger partial charge in [0.2, 0.25) is 0 Å². The molecule has 0 aromatic carbocycles. The zero-order chi connectivity index (χ0) is 9.84. The first-order chi connectivity index (χ1) is 6.20. The van der Waals surface area contributed by atoms with E-state index in [0.717, 1.165) is 32.4 Å². The lowest BCUT2D eigenvalue weighted by atomic mass is 9.87. The van der Waals surface area contributed by atoms with E-state index in [2.05, 4.69) is 18.7 Å². The van der Waals surface area contributed by atoms with Crippen LogP contribution in [0.5, 0.6) is 0 Å². The van der Waals surface area contributed by atoms with Gasteiger partial charge in [0.1, 0.15) is 0 Å². The predicted octanol–water partition coefficient (Wildman–Crippen LogP) is 1.58. The minimum atomic E-state index is -0.620. The first-order valence-electron chi connectivity index (χ1n) is 5.17. The molecule has 0 aromatic heterocycles. The molecule has 2 atom stereocenters. The average Bonchev–Trinajstić information content (AvgIpc) is 2.16. The summed E-state index contributed by atoms with van der Waals surface area (Å²) in [5, 5.41) is 9.03. The number of nitrogens with zero attached hydrogens (tertiary/aromatic N) is 1. The standard InChI is InChI=1S/C10H19NO2/c1-3-9-8(10(12)13)6-5-7-11(9)4-2/h8-9H,3-7H2,1-2H3,(H,12,13)/t8-,9+/m0/s1. The Kier molecular flexibility index (Phi) is 3.72. The van der Waals surface area contributed by atoms with Crippen LogP contribution in [0.15, 0.2) is 0 Å². The summed E-state index contributed by atoms with van der Waals surface area (Å²) in [5.74, 6) is -0.760. The summed E-state index contributed by atoms with van der Waals surface area (Å²) in [4.78, 5) is 13.3. The third kappa shape index (κ3) is 2.21. The van der Waals surface area contributed by atoms with Crippen molar-refractivity contribution in [2.45, 2.75) is 39.2 Å². The molecule has 1 fully saturated rings. The minimum Gasteiger partial charge on any atom is -0.481 e. The fourth-order valence-electron chi connectivity index (χ4n) is 2.35. The van der Waals surface area contributed by atoms with Crippen LogP contribution in [0.25, 0.3) is 0 Å². The molecule has 0 unspecified atom stereocenters. The van der Waals surface area contributed by atoms with E-state index >= 15 is 0 Å². The molecule has 0 aromatic rings. The monoisotopic (exact) mass is 185 g/mol. The van der Waals surface area contributed by atoms with E-state index in [1.165, 1.54) is 0 Å². The van der Waals surface area contributed by atoms with Gasteiger partial charge in [-0.25, -0.2) is 0 Å². The molecule has 1 N–H and O–H groups in total. The molecule has 1 saturated heterocycles. The van der Waals surface area contributed by atoms with Crippen molar-refractivity contribution < 1.29 is 9.90 Å². The molecule has 0 aliphatic carbocycles. The summed E-state index contributed by atoms with van der Waals surface area (Å²) in [6.45, 7) is 6.22. The highest BCUT2D eigenvalue weighted by molar-refractivity contribution is 5.71. The zero-order valence-electron chi connectivity index (χ0n) is 8.49. The summed E-state index contributed by atoms with van der Waals surface area (Å²) in [6, 6.07) is 0.260. The third-order valence-corrected chi connectivity index (χ3v) is 3.04. The van der Waals surface area contributed by atoms with Crippen molar-refractivity contribution in [3.63, 3.8) is 0 Å². The Balaban J connectivity index is 2.66. The normalized spacial score (nSPS) is 30.3. The van der Waals surface area contributed by atoms with Crippen LogP contribution >= 0.6 is 0 Å². The lowest BCUT2D eigenvalue weighted by Crippen LogP contribution is -2.47. The molecule has 76 valence electrons. The molecule has 0 spiro atoms. The maximum Gasteiger partial charge on any atom is 0.308 e. The summed E-state index contributed by atoms with van der Waals surface area (Å²) >= 11 is 0. The Morgan fingerprint density at radius 3 is 2.69 bits per heavy atom. The number of rotatable bonds is 3. The van der Waals surface area contributed by atoms with Gasteiger partial charge in [-0.05, 0) is 32.4 Å². The topological polar surface area (TPSA) is 40.5 Å². The van der Waals surface area contributed by atoms with Gasteiger partial charge in [0.25, 0.3) is 0 Å². The Hall–Kier alpha value is -0.570. The number of hydrogen-bond donors (Lipinski definition) is 1. The summed E-state index contributed by atoms with van der Waals surface area (Å²) in [6.07, 6.45) is 2.83. The van der Waals surface area contributed by atoms with E-state index < -0.39 is 5.97 Å². The smallest absolute Gasteiger partial charge is 0.308 e. The molecule has 0 radical (unpaired) electrons. The van der Waals surface area contributed by atoms with Crippen LogP contribution in [0.2, 0.25) is 0 Å². The van der Waals surface area contributed by atoms with Gasteiger partial charge in [-0.3, -0.25) is 9.69 Å². The van der Waals surface area contributed by atoms with Crippen molar-refractivity contribution >= 4 is 5.97 Å². The average molecular weight is 185 g/mol. The van der Waals surface area contributed by atoms with Crippen LogP contribution < -0.4 is 0 Å². The largest absolute Gasteiger partial charge is 0.481 e. The second-order valence-electron chi connectivity index (χ2n) is 3.69. The maximum atomic E-state index is 11.0. The molecule has 0 saturated carbocycles. The highest BCUT2D eigenvalue weighted by Crippen LogP contribution is 2.25. The van der Waals surface area contributed by atoms with Gasteiger partial charge in [-0.1, -0.05) is 13.8 Å². The maximum absolute atomic E-state index is 11.0. The lowest BCUT2D eigenvalue weighted by molar-refractivity contribution is -0.146. The van der Waals surface area contributed by atoms with Gasteiger partial charge < -0.3 is 5.11 Å². The predicted molar refractivity (Wildman–Crippen MR) is 51.7 cm³/mol. The number of carboxylic acids is 1. The highest BCUT2D eigenvalue weighted by Gasteiger charge is 2.33. The van der Waals surface area contributed by atoms with Crippen LogP contribution in [0.1, 0.15) is 33.1 Å². The second kappa shape index (κ2) is 4.61. The highest BCUT2D eigenvalue weighted by atomic mass is 16.4. The fourth-order valence-corrected chi connectivity index (χ4v) is 2.35. The van der Waals surface area contributed by atoms with Gasteiger partial charge in [0.15, 0.2) is 0 Å². The Morgan fingerprint density at radius 2 is 2.23 bits per heavy atom. The van der Waals surface area contributed by atoms with Crippen LogP contribution in [-0.4, -0.2) is 35.1 Å². The first-order valence-corrected chi connectivity index (χ1v) is 5.17. The van der Waals surface area contributed by atoms with Crippen molar-refractivity contribution in [2.75, 3.05) is 13.1 Å². The number of carboxylic acid groups (broad SMARTS) is 1. The van der Waals surface area contributed by atoms with Gasteiger partial charge in [0, 0.05) is 6.04 Å². The quantitative estimate of drug-likeness (QED) is 0.725. The molecule has 1 aliphatic heterocycles. The van der Waals surface area contributed by atoms with Crippen LogP contribution in [0.3, 0.4) is 0 Å². The molecule has 1 rings (SSSR count). The van der Waals surface area contributed by atoms with E-state index in [1.54, 1.807) is 0 Å². The molecule has 13 heavy (non-hydrogen) atoms. The molecule has 0 amide bonds. The van der Waals surface area contributed by atoms with Gasteiger partial charge >= 0.3 is 5.97 Å². The van der Waals surface area contributed by atoms with Crippen molar-refractivity contribution in [1.29, 1.82) is 0 Å². The molecule has 0 bridgehead atoms. The molecular weight excluding hydrogens is 166 g/mol. The van der Waals surface area contributed by atoms with Crippen molar-refractivity contribution in [3.8, 4) is 0 Å². The summed E-state index contributed by atoms with van der Waals surface area (Å²) < 4.78 is 0.